The summed E-state index contributed by atoms with van der Waals surface area (Å²) in [5.41, 5.74) is 5.97. The van der Waals surface area contributed by atoms with Crippen LogP contribution in [0.5, 0.6) is 0 Å². The maximum Gasteiger partial charge on any atom is 0.244 e. The van der Waals surface area contributed by atoms with E-state index in [4.69, 9.17) is 9.97 Å². The zero-order valence-corrected chi connectivity index (χ0v) is 33.3. The van der Waals surface area contributed by atoms with E-state index in [2.05, 4.69) is 127 Å². The number of benzene rings is 2. The van der Waals surface area contributed by atoms with Crippen molar-refractivity contribution in [3.63, 3.8) is 0 Å². The largest absolute Gasteiger partial charge is 0.347 e. The Hall–Kier alpha value is -6.12. The van der Waals surface area contributed by atoms with Gasteiger partial charge in [-0.1, -0.05) is 76.2 Å². The monoisotopic (exact) mass is 778 g/mol. The van der Waals surface area contributed by atoms with Crippen molar-refractivity contribution in [2.45, 2.75) is 77.5 Å². The molecular formula is C44H50N12O2. The third kappa shape index (κ3) is 8.29. The van der Waals surface area contributed by atoms with Crippen LogP contribution in [0, 0.1) is 11.8 Å². The van der Waals surface area contributed by atoms with Crippen molar-refractivity contribution in [2.75, 3.05) is 23.7 Å². The first-order valence-corrected chi connectivity index (χ1v) is 20.2. The Morgan fingerprint density at radius 1 is 0.586 bits per heavy atom. The average Bonchev–Trinajstić information content (AvgIpc) is 4.07. The predicted octanol–water partition coefficient (Wildman–Crippen LogP) is 7.31. The van der Waals surface area contributed by atoms with E-state index >= 15 is 0 Å². The fourth-order valence-corrected chi connectivity index (χ4v) is 8.58. The van der Waals surface area contributed by atoms with Gasteiger partial charge in [-0.25, -0.2) is 29.9 Å². The first kappa shape index (κ1) is 38.7. The molecule has 0 saturated carbocycles. The van der Waals surface area contributed by atoms with Crippen molar-refractivity contribution in [2.24, 2.45) is 11.8 Å². The van der Waals surface area contributed by atoms with Crippen LogP contribution in [0.3, 0.4) is 0 Å². The number of hydrogen-bond acceptors (Lipinski definition) is 10. The van der Waals surface area contributed by atoms with E-state index in [1.807, 2.05) is 12.4 Å². The summed E-state index contributed by atoms with van der Waals surface area (Å²) in [5, 5.41) is 5.82. The molecule has 298 valence electrons. The quantitative estimate of drug-likeness (QED) is 0.0931. The topological polar surface area (TPSA) is 174 Å². The molecule has 0 spiro atoms. The number of likely N-dealkylation sites (tertiary alicyclic amines) is 2. The van der Waals surface area contributed by atoms with Gasteiger partial charge < -0.3 is 9.97 Å². The van der Waals surface area contributed by atoms with Crippen LogP contribution >= 0.6 is 0 Å². The number of anilines is 2. The minimum absolute atomic E-state index is 0.00278. The van der Waals surface area contributed by atoms with Gasteiger partial charge in [0.1, 0.15) is 11.6 Å². The molecule has 6 aromatic rings. The van der Waals surface area contributed by atoms with Gasteiger partial charge in [-0.2, -0.15) is 0 Å². The van der Waals surface area contributed by atoms with Crippen LogP contribution in [0.4, 0.5) is 11.9 Å². The number of imidazole rings is 2. The molecule has 2 aromatic carbocycles. The Kier molecular flexibility index (Phi) is 11.5. The molecule has 2 amide bonds. The third-order valence-electron chi connectivity index (χ3n) is 11.2. The summed E-state index contributed by atoms with van der Waals surface area (Å²) in [6.45, 7) is 9.91. The summed E-state index contributed by atoms with van der Waals surface area (Å²) in [5.74, 6) is 2.32. The SMILES string of the molecule is CC(C)[C@@H](C(=O)Nc1ncccn1)N1CCCC1c1nc(-c2ccc(-c3ccc(-c4c[nH]c(C5CCCN5[C@H](C(=O)Nc5ncccn5)C(C)C)n4)cc3)cc2)c[nH]1. The van der Waals surface area contributed by atoms with E-state index in [0.717, 1.165) is 84.1 Å². The van der Waals surface area contributed by atoms with Gasteiger partial charge in [0.25, 0.3) is 0 Å². The summed E-state index contributed by atoms with van der Waals surface area (Å²) in [6.07, 6.45) is 14.2. The highest BCUT2D eigenvalue weighted by atomic mass is 16.2. The van der Waals surface area contributed by atoms with Crippen molar-refractivity contribution >= 4 is 23.7 Å². The van der Waals surface area contributed by atoms with E-state index in [1.54, 1.807) is 36.9 Å². The second kappa shape index (κ2) is 17.2. The molecule has 58 heavy (non-hydrogen) atoms. The molecule has 2 aliphatic rings. The van der Waals surface area contributed by atoms with Gasteiger partial charge in [0.05, 0.1) is 35.6 Å². The minimum atomic E-state index is -0.345. The fourth-order valence-electron chi connectivity index (χ4n) is 8.58. The van der Waals surface area contributed by atoms with Gasteiger partial charge in [0, 0.05) is 48.3 Å². The Morgan fingerprint density at radius 2 is 0.948 bits per heavy atom. The van der Waals surface area contributed by atoms with Crippen molar-refractivity contribution < 1.29 is 9.59 Å². The van der Waals surface area contributed by atoms with Crippen LogP contribution in [0.2, 0.25) is 0 Å². The van der Waals surface area contributed by atoms with Gasteiger partial charge in [-0.3, -0.25) is 30.0 Å². The molecule has 2 aliphatic heterocycles. The minimum Gasteiger partial charge on any atom is -0.347 e. The van der Waals surface area contributed by atoms with Crippen LogP contribution in [0.25, 0.3) is 33.6 Å². The molecule has 4 atom stereocenters. The number of aromatic nitrogens is 8. The lowest BCUT2D eigenvalue weighted by molar-refractivity contribution is -0.124. The Balaban J connectivity index is 0.920. The number of hydrogen-bond donors (Lipinski definition) is 4. The smallest absolute Gasteiger partial charge is 0.244 e. The summed E-state index contributed by atoms with van der Waals surface area (Å²) >= 11 is 0. The lowest BCUT2D eigenvalue weighted by Crippen LogP contribution is -2.47. The van der Waals surface area contributed by atoms with Crippen molar-refractivity contribution in [3.8, 4) is 33.6 Å². The molecule has 4 N–H and O–H groups in total. The van der Waals surface area contributed by atoms with E-state index < -0.39 is 0 Å². The number of H-pyrrole nitrogens is 2. The number of aromatic amines is 2. The third-order valence-corrected chi connectivity index (χ3v) is 11.2. The standard InChI is InChI=1S/C44H50N12O2/c1-27(2)37(41(57)53-43-45-19-7-20-46-43)55-23-5-9-35(55)39-49-25-33(51-39)31-15-11-29(12-16-31)30-13-17-32(18-14-30)34-26-50-40(52-34)36-10-6-24-56(36)38(28(3)4)42(58)54-44-47-21-8-22-48-44/h7-8,11-22,25-28,35-38H,5-6,9-10,23-24H2,1-4H3,(H,49,51)(H,50,52)(H,45,46,53,57)(H,47,48,54,58)/t35?,36?,37-,38-/m0/s1. The van der Waals surface area contributed by atoms with Crippen LogP contribution in [-0.4, -0.2) is 86.7 Å². The molecule has 4 aromatic heterocycles. The van der Waals surface area contributed by atoms with Crippen molar-refractivity contribution in [1.82, 2.24) is 49.7 Å². The zero-order valence-electron chi connectivity index (χ0n) is 33.3. The molecule has 8 rings (SSSR count). The van der Waals surface area contributed by atoms with Crippen molar-refractivity contribution in [3.05, 3.63) is 109 Å². The molecule has 14 nitrogen and oxygen atoms in total. The molecule has 0 aliphatic carbocycles. The van der Waals surface area contributed by atoms with Gasteiger partial charge in [-0.15, -0.1) is 0 Å². The number of nitrogens with zero attached hydrogens (tertiary/aromatic N) is 8. The highest BCUT2D eigenvalue weighted by Crippen LogP contribution is 2.37. The summed E-state index contributed by atoms with van der Waals surface area (Å²) in [7, 11) is 0. The van der Waals surface area contributed by atoms with Crippen LogP contribution in [0.15, 0.2) is 97.8 Å². The maximum absolute atomic E-state index is 13.5. The lowest BCUT2D eigenvalue weighted by atomic mass is 10.00. The average molecular weight is 779 g/mol. The van der Waals surface area contributed by atoms with E-state index in [0.29, 0.717) is 11.9 Å². The van der Waals surface area contributed by atoms with E-state index in [1.165, 1.54) is 0 Å². The van der Waals surface area contributed by atoms with Crippen LogP contribution < -0.4 is 10.6 Å². The molecule has 14 heteroatoms. The van der Waals surface area contributed by atoms with E-state index in [9.17, 15) is 9.59 Å². The van der Waals surface area contributed by atoms with Crippen LogP contribution in [-0.2, 0) is 9.59 Å². The summed E-state index contributed by atoms with van der Waals surface area (Å²) < 4.78 is 0. The lowest BCUT2D eigenvalue weighted by Gasteiger charge is -2.33. The second-order valence-corrected chi connectivity index (χ2v) is 15.8. The summed E-state index contributed by atoms with van der Waals surface area (Å²) in [4.78, 5) is 65.1. The van der Waals surface area contributed by atoms with Gasteiger partial charge >= 0.3 is 0 Å². The Bertz CT molecular complexity index is 2130. The highest BCUT2D eigenvalue weighted by molar-refractivity contribution is 5.94. The first-order chi connectivity index (χ1) is 28.2. The number of rotatable bonds is 13. The summed E-state index contributed by atoms with van der Waals surface area (Å²) in [6, 6.07) is 19.7. The normalized spacial score (nSPS) is 18.4. The van der Waals surface area contributed by atoms with Gasteiger partial charge in [0.2, 0.25) is 23.7 Å². The number of nitrogens with one attached hydrogen (secondary N) is 4. The van der Waals surface area contributed by atoms with Gasteiger partial charge in [-0.05, 0) is 73.9 Å². The molecular weight excluding hydrogens is 729 g/mol. The van der Waals surface area contributed by atoms with Gasteiger partial charge in [0.15, 0.2) is 0 Å². The molecule has 2 unspecified atom stereocenters. The fraction of sp³-hybridized carbons (Fsp3) is 0.364. The predicted molar refractivity (Wildman–Crippen MR) is 223 cm³/mol. The zero-order chi connectivity index (χ0) is 40.2. The molecule has 2 saturated heterocycles. The number of amides is 2. The van der Waals surface area contributed by atoms with Crippen molar-refractivity contribution in [1.29, 1.82) is 0 Å². The number of carbonyl (C=O) groups excluding carboxylic acids is 2. The first-order valence-electron chi connectivity index (χ1n) is 20.2. The molecule has 6 heterocycles. The Morgan fingerprint density at radius 3 is 1.31 bits per heavy atom. The highest BCUT2D eigenvalue weighted by Gasteiger charge is 2.40. The second-order valence-electron chi connectivity index (χ2n) is 15.8. The maximum atomic E-state index is 13.5. The molecule has 2 fully saturated rings. The Labute approximate surface area is 338 Å². The molecule has 0 bridgehead atoms. The molecule has 0 radical (unpaired) electrons. The van der Waals surface area contributed by atoms with E-state index in [-0.39, 0.29) is 47.8 Å². The van der Waals surface area contributed by atoms with Crippen LogP contribution in [0.1, 0.15) is 77.1 Å². The number of carbonyl (C=O) groups is 2.